The summed E-state index contributed by atoms with van der Waals surface area (Å²) in [6.07, 6.45) is 2.92. The number of anilines is 1. The number of nitrogen functional groups attached to an aromatic ring is 1. The van der Waals surface area contributed by atoms with Gasteiger partial charge in [-0.15, -0.1) is 0 Å². The lowest BCUT2D eigenvalue weighted by Gasteiger charge is -2.10. The Labute approximate surface area is 121 Å². The number of hydrogen-bond acceptors (Lipinski definition) is 6. The van der Waals surface area contributed by atoms with E-state index in [-0.39, 0.29) is 22.7 Å². The number of esters is 1. The molecule has 0 spiro atoms. The SMILES string of the molecule is COC(=O)c1ccc(N)cc1S(=O)(=O)NCc1cnc[nH]1. The number of nitrogens with two attached hydrogens (primary N) is 1. The molecule has 0 aliphatic heterocycles. The van der Waals surface area contributed by atoms with Gasteiger partial charge < -0.3 is 15.5 Å². The molecule has 0 saturated carbocycles. The van der Waals surface area contributed by atoms with Gasteiger partial charge in [-0.1, -0.05) is 0 Å². The van der Waals surface area contributed by atoms with Gasteiger partial charge in [0, 0.05) is 17.6 Å². The van der Waals surface area contributed by atoms with Crippen molar-refractivity contribution in [1.29, 1.82) is 0 Å². The number of carbonyl (C=O) groups excluding carboxylic acids is 1. The summed E-state index contributed by atoms with van der Waals surface area (Å²) in [5.74, 6) is -0.753. The van der Waals surface area contributed by atoms with Crippen LogP contribution < -0.4 is 10.5 Å². The summed E-state index contributed by atoms with van der Waals surface area (Å²) in [4.78, 5) is 18.0. The zero-order valence-corrected chi connectivity index (χ0v) is 12.0. The maximum absolute atomic E-state index is 12.3. The summed E-state index contributed by atoms with van der Waals surface area (Å²) in [7, 11) is -2.75. The third-order valence-electron chi connectivity index (χ3n) is 2.71. The summed E-state index contributed by atoms with van der Waals surface area (Å²) >= 11 is 0. The molecule has 112 valence electrons. The molecule has 0 radical (unpaired) electrons. The third-order valence-corrected chi connectivity index (χ3v) is 4.15. The number of H-pyrrole nitrogens is 1. The Bertz CT molecular complexity index is 741. The fourth-order valence-corrected chi connectivity index (χ4v) is 2.90. The number of hydrogen-bond donors (Lipinski definition) is 3. The Kier molecular flexibility index (Phi) is 4.24. The van der Waals surface area contributed by atoms with Crippen LogP contribution in [0.3, 0.4) is 0 Å². The van der Waals surface area contributed by atoms with Crippen molar-refractivity contribution in [2.24, 2.45) is 0 Å². The number of nitrogens with one attached hydrogen (secondary N) is 2. The summed E-state index contributed by atoms with van der Waals surface area (Å²) in [6.45, 7) is 0.0117. The quantitative estimate of drug-likeness (QED) is 0.537. The molecule has 0 atom stereocenters. The predicted molar refractivity (Wildman–Crippen MR) is 74.8 cm³/mol. The van der Waals surface area contributed by atoms with Crippen molar-refractivity contribution < 1.29 is 17.9 Å². The number of methoxy groups -OCH3 is 1. The zero-order valence-electron chi connectivity index (χ0n) is 11.2. The third kappa shape index (κ3) is 3.38. The largest absolute Gasteiger partial charge is 0.465 e. The van der Waals surface area contributed by atoms with Crippen molar-refractivity contribution in [2.75, 3.05) is 12.8 Å². The maximum Gasteiger partial charge on any atom is 0.339 e. The lowest BCUT2D eigenvalue weighted by molar-refractivity contribution is 0.0596. The van der Waals surface area contributed by atoms with Gasteiger partial charge in [-0.25, -0.2) is 22.9 Å². The zero-order chi connectivity index (χ0) is 15.5. The van der Waals surface area contributed by atoms with Gasteiger partial charge in [0.05, 0.1) is 30.4 Å². The number of aromatic nitrogens is 2. The van der Waals surface area contributed by atoms with E-state index in [0.717, 1.165) is 0 Å². The van der Waals surface area contributed by atoms with Crippen LogP contribution >= 0.6 is 0 Å². The van der Waals surface area contributed by atoms with E-state index < -0.39 is 16.0 Å². The van der Waals surface area contributed by atoms with Gasteiger partial charge in [-0.05, 0) is 18.2 Å². The Hall–Kier alpha value is -2.39. The highest BCUT2D eigenvalue weighted by molar-refractivity contribution is 7.89. The topological polar surface area (TPSA) is 127 Å². The van der Waals surface area contributed by atoms with Crippen molar-refractivity contribution >= 4 is 21.7 Å². The summed E-state index contributed by atoms with van der Waals surface area (Å²) in [6, 6.07) is 3.95. The normalized spacial score (nSPS) is 11.3. The van der Waals surface area contributed by atoms with E-state index in [1.807, 2.05) is 0 Å². The van der Waals surface area contributed by atoms with Crippen LogP contribution in [0.1, 0.15) is 16.1 Å². The number of aromatic amines is 1. The maximum atomic E-state index is 12.3. The number of sulfonamides is 1. The number of benzene rings is 1. The van der Waals surface area contributed by atoms with Gasteiger partial charge in [0.25, 0.3) is 0 Å². The first kappa shape index (κ1) is 15.0. The van der Waals surface area contributed by atoms with E-state index in [1.54, 1.807) is 0 Å². The fraction of sp³-hybridized carbons (Fsp3) is 0.167. The monoisotopic (exact) mass is 310 g/mol. The number of nitrogens with zero attached hydrogens (tertiary/aromatic N) is 1. The van der Waals surface area contributed by atoms with Crippen molar-refractivity contribution in [2.45, 2.75) is 11.4 Å². The lowest BCUT2D eigenvalue weighted by atomic mass is 10.2. The lowest BCUT2D eigenvalue weighted by Crippen LogP contribution is -2.25. The molecule has 1 aromatic heterocycles. The second kappa shape index (κ2) is 5.94. The molecule has 1 aromatic carbocycles. The van der Waals surface area contributed by atoms with Crippen LogP contribution in [0.25, 0.3) is 0 Å². The molecule has 0 aliphatic rings. The highest BCUT2D eigenvalue weighted by atomic mass is 32.2. The van der Waals surface area contributed by atoms with Gasteiger partial charge in [-0.2, -0.15) is 0 Å². The molecule has 9 heteroatoms. The molecule has 0 amide bonds. The molecule has 0 aliphatic carbocycles. The number of ether oxygens (including phenoxy) is 1. The smallest absolute Gasteiger partial charge is 0.339 e. The molecule has 4 N–H and O–H groups in total. The van der Waals surface area contributed by atoms with Gasteiger partial charge in [0.1, 0.15) is 0 Å². The molecule has 1 heterocycles. The first-order valence-electron chi connectivity index (χ1n) is 5.89. The molecular weight excluding hydrogens is 296 g/mol. The summed E-state index contributed by atoms with van der Waals surface area (Å²) in [5, 5.41) is 0. The molecule has 0 saturated heterocycles. The Morgan fingerprint density at radius 2 is 2.24 bits per heavy atom. The van der Waals surface area contributed by atoms with Crippen LogP contribution in [0, 0.1) is 0 Å². The van der Waals surface area contributed by atoms with Gasteiger partial charge in [0.15, 0.2) is 0 Å². The van der Waals surface area contributed by atoms with Gasteiger partial charge in [0.2, 0.25) is 10.0 Å². The molecule has 0 bridgehead atoms. The van der Waals surface area contributed by atoms with Crippen molar-refractivity contribution in [3.8, 4) is 0 Å². The predicted octanol–water partition coefficient (Wildman–Crippen LogP) is 0.257. The van der Waals surface area contributed by atoms with E-state index in [2.05, 4.69) is 19.4 Å². The molecule has 0 unspecified atom stereocenters. The van der Waals surface area contributed by atoms with Crippen LogP contribution in [0.4, 0.5) is 5.69 Å². The minimum absolute atomic E-state index is 0.0117. The highest BCUT2D eigenvalue weighted by Crippen LogP contribution is 2.20. The molecule has 21 heavy (non-hydrogen) atoms. The Balaban J connectivity index is 2.34. The van der Waals surface area contributed by atoms with Gasteiger partial charge in [-0.3, -0.25) is 0 Å². The molecule has 2 rings (SSSR count). The fourth-order valence-electron chi connectivity index (χ4n) is 1.67. The van der Waals surface area contributed by atoms with Crippen LogP contribution in [0.15, 0.2) is 35.6 Å². The molecule has 8 nitrogen and oxygen atoms in total. The van der Waals surface area contributed by atoms with Gasteiger partial charge >= 0.3 is 5.97 Å². The molecule has 2 aromatic rings. The summed E-state index contributed by atoms with van der Waals surface area (Å²) in [5.41, 5.74) is 6.33. The Morgan fingerprint density at radius 3 is 2.86 bits per heavy atom. The molecule has 0 fully saturated rings. The van der Waals surface area contributed by atoms with Crippen LogP contribution in [-0.4, -0.2) is 31.5 Å². The van der Waals surface area contributed by atoms with Crippen molar-refractivity contribution in [1.82, 2.24) is 14.7 Å². The van der Waals surface area contributed by atoms with Crippen LogP contribution in [-0.2, 0) is 21.3 Å². The first-order valence-corrected chi connectivity index (χ1v) is 7.37. The molecular formula is C12H14N4O4S. The second-order valence-electron chi connectivity index (χ2n) is 4.15. The van der Waals surface area contributed by atoms with E-state index in [9.17, 15) is 13.2 Å². The average molecular weight is 310 g/mol. The minimum atomic E-state index is -3.92. The highest BCUT2D eigenvalue weighted by Gasteiger charge is 2.23. The van der Waals surface area contributed by atoms with E-state index in [1.165, 1.54) is 37.8 Å². The number of carbonyl (C=O) groups is 1. The average Bonchev–Trinajstić information content (AvgIpc) is 2.98. The first-order chi connectivity index (χ1) is 9.94. The minimum Gasteiger partial charge on any atom is -0.465 e. The van der Waals surface area contributed by atoms with Crippen LogP contribution in [0.2, 0.25) is 0 Å². The van der Waals surface area contributed by atoms with E-state index in [4.69, 9.17) is 5.73 Å². The van der Waals surface area contributed by atoms with Crippen molar-refractivity contribution in [3.63, 3.8) is 0 Å². The summed E-state index contributed by atoms with van der Waals surface area (Å²) < 4.78 is 31.6. The van der Waals surface area contributed by atoms with Crippen molar-refractivity contribution in [3.05, 3.63) is 42.0 Å². The number of rotatable bonds is 5. The Morgan fingerprint density at radius 1 is 1.48 bits per heavy atom. The van der Waals surface area contributed by atoms with E-state index >= 15 is 0 Å². The second-order valence-corrected chi connectivity index (χ2v) is 5.88. The standard InChI is InChI=1S/C12H14N4O4S/c1-20-12(17)10-3-2-8(13)4-11(10)21(18,19)16-6-9-5-14-7-15-9/h2-5,7,16H,6,13H2,1H3,(H,14,15). The van der Waals surface area contributed by atoms with Crippen LogP contribution in [0.5, 0.6) is 0 Å². The number of imidazole rings is 1. The van der Waals surface area contributed by atoms with E-state index in [0.29, 0.717) is 5.69 Å².